The number of fused-ring (bicyclic) bond motifs is 10. The third kappa shape index (κ3) is 5.55. The first-order chi connectivity index (χ1) is 32.7. The Kier molecular flexibility index (Phi) is 8.01. The Morgan fingerprint density at radius 2 is 0.727 bits per heavy atom. The summed E-state index contributed by atoms with van der Waals surface area (Å²) in [5.74, 6) is 3.30. The zero-order chi connectivity index (χ0) is 43.3. The molecule has 0 saturated heterocycles. The van der Waals surface area contributed by atoms with Crippen molar-refractivity contribution in [2.24, 2.45) is 0 Å². The molecule has 0 bridgehead atoms. The summed E-state index contributed by atoms with van der Waals surface area (Å²) in [6.45, 7) is -0.143. The number of para-hydroxylation sites is 6. The Morgan fingerprint density at radius 3 is 1.20 bits per heavy atom. The molecule has 14 rings (SSSR count). The quantitative estimate of drug-likeness (QED) is 0.156. The van der Waals surface area contributed by atoms with Gasteiger partial charge in [-0.2, -0.15) is 0 Å². The maximum absolute atomic E-state index is 7.19. The van der Waals surface area contributed by atoms with E-state index in [0.717, 1.165) is 101 Å². The van der Waals surface area contributed by atoms with Crippen LogP contribution < -0.4 is 30.8 Å². The summed E-state index contributed by atoms with van der Waals surface area (Å²) in [4.78, 5) is 2.29. The van der Waals surface area contributed by atoms with E-state index in [4.69, 9.17) is 9.47 Å². The van der Waals surface area contributed by atoms with E-state index in [2.05, 4.69) is 245 Å². The average Bonchev–Trinajstić information content (AvgIpc) is 3.88. The first-order valence-corrected chi connectivity index (χ1v) is 22.5. The van der Waals surface area contributed by atoms with Crippen molar-refractivity contribution in [2.75, 3.05) is 4.90 Å². The fraction of sp³-hybridized carbons (Fsp3) is 0. The van der Waals surface area contributed by atoms with Gasteiger partial charge in [0.05, 0.1) is 22.1 Å². The summed E-state index contributed by atoms with van der Waals surface area (Å²) in [5, 5.41) is 4.79. The highest BCUT2D eigenvalue weighted by molar-refractivity contribution is 6.98. The lowest BCUT2D eigenvalue weighted by atomic mass is 9.34. The number of aromatic nitrogens is 2. The summed E-state index contributed by atoms with van der Waals surface area (Å²) in [6, 6.07) is 82.3. The predicted molar refractivity (Wildman–Crippen MR) is 273 cm³/mol. The molecule has 0 aliphatic carbocycles. The Hall–Kier alpha value is -8.74. The van der Waals surface area contributed by atoms with Gasteiger partial charge in [0, 0.05) is 67.6 Å². The van der Waals surface area contributed by atoms with Crippen molar-refractivity contribution in [2.45, 2.75) is 0 Å². The molecule has 0 unspecified atom stereocenters. The van der Waals surface area contributed by atoms with Gasteiger partial charge in [-0.15, -0.1) is 0 Å². The maximum atomic E-state index is 7.19. The second-order valence-corrected chi connectivity index (χ2v) is 17.3. The largest absolute Gasteiger partial charge is 0.458 e. The van der Waals surface area contributed by atoms with Crippen molar-refractivity contribution in [1.82, 2.24) is 9.13 Å². The Labute approximate surface area is 381 Å². The third-order valence-electron chi connectivity index (χ3n) is 13.6. The van der Waals surface area contributed by atoms with E-state index >= 15 is 0 Å². The van der Waals surface area contributed by atoms with E-state index in [-0.39, 0.29) is 6.71 Å². The summed E-state index contributed by atoms with van der Waals surface area (Å²) in [6.07, 6.45) is 0. The molecule has 0 N–H and O–H groups in total. The monoisotopic (exact) mass is 843 g/mol. The van der Waals surface area contributed by atoms with Gasteiger partial charge < -0.3 is 23.5 Å². The van der Waals surface area contributed by atoms with Crippen molar-refractivity contribution in [1.29, 1.82) is 0 Å². The van der Waals surface area contributed by atoms with E-state index in [1.165, 1.54) is 21.5 Å². The van der Waals surface area contributed by atoms with Crippen LogP contribution >= 0.6 is 0 Å². The smallest absolute Gasteiger partial charge is 0.260 e. The Bertz CT molecular complexity index is 3640. The topological polar surface area (TPSA) is 31.6 Å². The second-order valence-electron chi connectivity index (χ2n) is 17.3. The highest BCUT2D eigenvalue weighted by Crippen LogP contribution is 2.44. The number of rotatable bonds is 6. The Balaban J connectivity index is 0.987. The van der Waals surface area contributed by atoms with Crippen molar-refractivity contribution >= 4 is 83.8 Å². The molecule has 0 radical (unpaired) electrons. The van der Waals surface area contributed by atoms with Crippen LogP contribution in [0.1, 0.15) is 0 Å². The molecule has 0 fully saturated rings. The molecule has 0 amide bonds. The van der Waals surface area contributed by atoms with Gasteiger partial charge >= 0.3 is 0 Å². The number of hydrogen-bond acceptors (Lipinski definition) is 3. The van der Waals surface area contributed by atoms with E-state index in [1.54, 1.807) is 0 Å². The van der Waals surface area contributed by atoms with E-state index < -0.39 is 0 Å². The lowest BCUT2D eigenvalue weighted by Gasteiger charge is -2.33. The van der Waals surface area contributed by atoms with Crippen LogP contribution in [0.15, 0.2) is 231 Å². The van der Waals surface area contributed by atoms with Crippen LogP contribution in [0, 0.1) is 0 Å². The van der Waals surface area contributed by atoms with Crippen LogP contribution in [0.4, 0.5) is 17.1 Å². The predicted octanol–water partition coefficient (Wildman–Crippen LogP) is 13.7. The van der Waals surface area contributed by atoms with Crippen LogP contribution in [0.5, 0.6) is 23.0 Å². The van der Waals surface area contributed by atoms with Gasteiger partial charge in [-0.25, -0.2) is 0 Å². The molecule has 0 saturated carbocycles. The molecule has 308 valence electrons. The van der Waals surface area contributed by atoms with Gasteiger partial charge in [-0.05, 0) is 107 Å². The molecule has 12 aromatic rings. The SMILES string of the molecule is c1ccc(N(c2ccccc2)c2ccc(-c3cc4c5c(c3)Oc3cc6c(cc3B5c3cc5c7ccccc7n(-c7ccccc7)c5cc3O4)c3ccccc3n6-c3ccccc3)cc2)cc1. The van der Waals surface area contributed by atoms with Gasteiger partial charge in [0.2, 0.25) is 0 Å². The molecule has 10 aromatic carbocycles. The maximum Gasteiger partial charge on any atom is 0.260 e. The first kappa shape index (κ1) is 36.7. The summed E-state index contributed by atoms with van der Waals surface area (Å²) >= 11 is 0. The highest BCUT2D eigenvalue weighted by Gasteiger charge is 2.42. The minimum atomic E-state index is -0.143. The fourth-order valence-electron chi connectivity index (χ4n) is 10.7. The molecule has 6 heteroatoms. The minimum absolute atomic E-state index is 0.143. The van der Waals surface area contributed by atoms with E-state index in [0.29, 0.717) is 0 Å². The molecule has 2 aliphatic rings. The summed E-state index contributed by atoms with van der Waals surface area (Å²) in [5.41, 5.74) is 15.4. The second kappa shape index (κ2) is 14.4. The van der Waals surface area contributed by atoms with Crippen molar-refractivity contribution in [3.05, 3.63) is 231 Å². The Morgan fingerprint density at radius 1 is 0.318 bits per heavy atom. The van der Waals surface area contributed by atoms with Crippen LogP contribution in [0.25, 0.3) is 66.1 Å². The molecule has 4 heterocycles. The fourth-order valence-corrected chi connectivity index (χ4v) is 10.7. The summed E-state index contributed by atoms with van der Waals surface area (Å²) in [7, 11) is 0. The highest BCUT2D eigenvalue weighted by atomic mass is 16.5. The third-order valence-corrected chi connectivity index (χ3v) is 13.6. The van der Waals surface area contributed by atoms with Gasteiger partial charge in [-0.1, -0.05) is 133 Å². The van der Waals surface area contributed by atoms with Crippen molar-refractivity contribution in [3.8, 4) is 45.5 Å². The number of benzene rings is 10. The lowest BCUT2D eigenvalue weighted by molar-refractivity contribution is 0.465. The zero-order valence-electron chi connectivity index (χ0n) is 35.7. The van der Waals surface area contributed by atoms with E-state index in [9.17, 15) is 0 Å². The van der Waals surface area contributed by atoms with Gasteiger partial charge in [0.1, 0.15) is 23.0 Å². The van der Waals surface area contributed by atoms with E-state index in [1.807, 2.05) is 0 Å². The number of anilines is 3. The van der Waals surface area contributed by atoms with Crippen LogP contribution in [0.3, 0.4) is 0 Å². The number of ether oxygens (including phenoxy) is 2. The van der Waals surface area contributed by atoms with Crippen molar-refractivity contribution < 1.29 is 9.47 Å². The van der Waals surface area contributed by atoms with Crippen LogP contribution in [-0.4, -0.2) is 15.8 Å². The number of nitrogens with zero attached hydrogens (tertiary/aromatic N) is 3. The zero-order valence-corrected chi connectivity index (χ0v) is 35.7. The first-order valence-electron chi connectivity index (χ1n) is 22.5. The van der Waals surface area contributed by atoms with Crippen LogP contribution in [0.2, 0.25) is 0 Å². The molecule has 0 atom stereocenters. The normalized spacial score (nSPS) is 12.5. The minimum Gasteiger partial charge on any atom is -0.458 e. The molecule has 2 aromatic heterocycles. The van der Waals surface area contributed by atoms with Gasteiger partial charge in [0.15, 0.2) is 0 Å². The number of hydrogen-bond donors (Lipinski definition) is 0. The molecule has 0 spiro atoms. The molecular weight excluding hydrogens is 805 g/mol. The molecular formula is C60H38BN3O2. The standard InChI is InChI=1S/C60H38BN3O2/c1-5-17-41(18-6-1)62(42-19-7-2-8-20-42)45-31-29-39(30-32-45)40-33-58-60-59(34-40)66-57-38-55-49(47-26-14-16-28-53(47)64(55)44-23-11-4-12-24-44)36-51(57)61(60)50-35-48-46-25-13-15-27-52(46)63(43-21-9-3-10-22-43)54(48)37-56(50)65-58/h1-38H. The van der Waals surface area contributed by atoms with Gasteiger partial charge in [-0.3, -0.25) is 0 Å². The van der Waals surface area contributed by atoms with Crippen molar-refractivity contribution in [3.63, 3.8) is 0 Å². The molecule has 5 nitrogen and oxygen atoms in total. The summed E-state index contributed by atoms with van der Waals surface area (Å²) < 4.78 is 19.1. The lowest BCUT2D eigenvalue weighted by Crippen LogP contribution is -2.57. The average molecular weight is 844 g/mol. The molecule has 2 aliphatic heterocycles. The van der Waals surface area contributed by atoms with Crippen LogP contribution in [-0.2, 0) is 0 Å². The molecule has 66 heavy (non-hydrogen) atoms. The van der Waals surface area contributed by atoms with Gasteiger partial charge in [0.25, 0.3) is 6.71 Å².